The monoisotopic (exact) mass is 288 g/mol. The van der Waals surface area contributed by atoms with Crippen LogP contribution in [0.1, 0.15) is 44.9 Å². The van der Waals surface area contributed by atoms with E-state index in [1.54, 1.807) is 0 Å². The molecule has 2 rings (SSSR count). The summed E-state index contributed by atoms with van der Waals surface area (Å²) in [7, 11) is -0.863. The van der Waals surface area contributed by atoms with E-state index < -0.39 is 9.84 Å². The summed E-state index contributed by atoms with van der Waals surface area (Å²) in [5, 5.41) is 3.18. The van der Waals surface area contributed by atoms with Crippen molar-refractivity contribution in [3.05, 3.63) is 0 Å². The summed E-state index contributed by atoms with van der Waals surface area (Å²) < 4.78 is 23.6. The van der Waals surface area contributed by atoms with Crippen molar-refractivity contribution in [1.29, 1.82) is 0 Å². The average Bonchev–Trinajstić information content (AvgIpc) is 2.39. The van der Waals surface area contributed by atoms with E-state index in [2.05, 4.69) is 10.2 Å². The van der Waals surface area contributed by atoms with Crippen molar-refractivity contribution < 1.29 is 8.42 Å². The molecule has 3 atom stereocenters. The first-order valence-corrected chi connectivity index (χ1v) is 9.57. The van der Waals surface area contributed by atoms with E-state index in [1.807, 2.05) is 7.05 Å². The summed E-state index contributed by atoms with van der Waals surface area (Å²) in [5.74, 6) is 0. The topological polar surface area (TPSA) is 49.4 Å². The van der Waals surface area contributed by atoms with E-state index in [4.69, 9.17) is 0 Å². The molecule has 1 saturated carbocycles. The predicted molar refractivity (Wildman–Crippen MR) is 79.2 cm³/mol. The first kappa shape index (κ1) is 15.3. The van der Waals surface area contributed by atoms with E-state index in [9.17, 15) is 8.42 Å². The van der Waals surface area contributed by atoms with Crippen molar-refractivity contribution in [3.63, 3.8) is 0 Å². The highest BCUT2D eigenvalue weighted by Gasteiger charge is 2.35. The molecule has 2 fully saturated rings. The van der Waals surface area contributed by atoms with Crippen LogP contribution in [0, 0.1) is 0 Å². The van der Waals surface area contributed by atoms with Gasteiger partial charge in [-0.15, -0.1) is 0 Å². The van der Waals surface area contributed by atoms with Crippen molar-refractivity contribution in [2.45, 2.75) is 62.3 Å². The number of likely N-dealkylation sites (tertiary alicyclic amines) is 1. The number of hydrogen-bond donors (Lipinski definition) is 1. The van der Waals surface area contributed by atoms with Crippen molar-refractivity contribution >= 4 is 9.84 Å². The fourth-order valence-corrected chi connectivity index (χ4v) is 4.94. The second-order valence-electron chi connectivity index (χ2n) is 6.22. The Morgan fingerprint density at radius 2 is 1.95 bits per heavy atom. The van der Waals surface area contributed by atoms with Gasteiger partial charge in [-0.2, -0.15) is 0 Å². The van der Waals surface area contributed by atoms with Crippen LogP contribution in [-0.4, -0.2) is 57.0 Å². The molecule has 1 N–H and O–H groups in total. The summed E-state index contributed by atoms with van der Waals surface area (Å²) in [6.07, 6.45) is 9.17. The maximum atomic E-state index is 11.8. The number of rotatable bonds is 4. The minimum Gasteiger partial charge on any atom is -0.318 e. The van der Waals surface area contributed by atoms with Gasteiger partial charge in [-0.05, 0) is 45.7 Å². The Balaban J connectivity index is 2.02. The van der Waals surface area contributed by atoms with Crippen LogP contribution < -0.4 is 5.32 Å². The van der Waals surface area contributed by atoms with Crippen LogP contribution in [0.2, 0.25) is 0 Å². The molecule has 0 aromatic heterocycles. The third-order valence-corrected chi connectivity index (χ3v) is 6.42. The maximum absolute atomic E-state index is 11.8. The molecule has 0 radical (unpaired) electrons. The Bertz CT molecular complexity index is 381. The predicted octanol–water partition coefficient (Wildman–Crippen LogP) is 1.42. The molecular weight excluding hydrogens is 260 g/mol. The maximum Gasteiger partial charge on any atom is 0.150 e. The molecule has 1 saturated heterocycles. The van der Waals surface area contributed by atoms with Crippen LogP contribution in [0.4, 0.5) is 0 Å². The minimum atomic E-state index is -2.87. The number of sulfone groups is 1. The second kappa shape index (κ2) is 6.55. The SMILES string of the molecule is CNCC1CCCCN1C1CCCC(S(C)(=O)=O)C1. The van der Waals surface area contributed by atoms with Gasteiger partial charge in [0.05, 0.1) is 5.25 Å². The second-order valence-corrected chi connectivity index (χ2v) is 8.54. The molecule has 0 bridgehead atoms. The van der Waals surface area contributed by atoms with Crippen LogP contribution >= 0.6 is 0 Å². The summed E-state index contributed by atoms with van der Waals surface area (Å²) in [5.41, 5.74) is 0. The summed E-state index contributed by atoms with van der Waals surface area (Å²) in [6, 6.07) is 1.08. The van der Waals surface area contributed by atoms with Gasteiger partial charge in [0.2, 0.25) is 0 Å². The van der Waals surface area contributed by atoms with Gasteiger partial charge in [0.15, 0.2) is 0 Å². The minimum absolute atomic E-state index is 0.108. The van der Waals surface area contributed by atoms with Crippen molar-refractivity contribution in [2.75, 3.05) is 26.4 Å². The fourth-order valence-electron chi connectivity index (χ4n) is 3.77. The first-order valence-electron chi connectivity index (χ1n) is 7.61. The van der Waals surface area contributed by atoms with Gasteiger partial charge in [0.1, 0.15) is 9.84 Å². The number of piperidine rings is 1. The van der Waals surface area contributed by atoms with Gasteiger partial charge in [0.25, 0.3) is 0 Å². The van der Waals surface area contributed by atoms with E-state index >= 15 is 0 Å². The first-order chi connectivity index (χ1) is 9.02. The molecule has 5 heteroatoms. The van der Waals surface area contributed by atoms with Crippen molar-refractivity contribution in [1.82, 2.24) is 10.2 Å². The smallest absolute Gasteiger partial charge is 0.150 e. The third-order valence-electron chi connectivity index (χ3n) is 4.79. The molecule has 0 spiro atoms. The Morgan fingerprint density at radius 1 is 1.16 bits per heavy atom. The van der Waals surface area contributed by atoms with Gasteiger partial charge >= 0.3 is 0 Å². The van der Waals surface area contributed by atoms with E-state index in [-0.39, 0.29) is 5.25 Å². The third kappa shape index (κ3) is 3.92. The average molecular weight is 288 g/mol. The quantitative estimate of drug-likeness (QED) is 0.850. The van der Waals surface area contributed by atoms with Gasteiger partial charge in [-0.3, -0.25) is 4.90 Å². The molecule has 19 heavy (non-hydrogen) atoms. The molecule has 1 aliphatic carbocycles. The Morgan fingerprint density at radius 3 is 2.63 bits per heavy atom. The summed E-state index contributed by atoms with van der Waals surface area (Å²) in [6.45, 7) is 2.17. The molecular formula is C14H28N2O2S. The van der Waals surface area contributed by atoms with Crippen LogP contribution in [0.15, 0.2) is 0 Å². The molecule has 0 aromatic rings. The molecule has 3 unspecified atom stereocenters. The lowest BCUT2D eigenvalue weighted by Gasteiger charge is -2.44. The fraction of sp³-hybridized carbons (Fsp3) is 1.00. The van der Waals surface area contributed by atoms with Gasteiger partial charge in [-0.25, -0.2) is 8.42 Å². The Kier molecular flexibility index (Phi) is 5.26. The molecule has 0 aromatic carbocycles. The molecule has 2 aliphatic rings. The van der Waals surface area contributed by atoms with Crippen molar-refractivity contribution in [3.8, 4) is 0 Å². The van der Waals surface area contributed by atoms with Gasteiger partial charge in [0, 0.05) is 24.9 Å². The largest absolute Gasteiger partial charge is 0.318 e. The van der Waals surface area contributed by atoms with E-state index in [0.717, 1.165) is 32.4 Å². The van der Waals surface area contributed by atoms with Gasteiger partial charge < -0.3 is 5.32 Å². The molecule has 4 nitrogen and oxygen atoms in total. The summed E-state index contributed by atoms with van der Waals surface area (Å²) in [4.78, 5) is 2.59. The zero-order chi connectivity index (χ0) is 13.9. The molecule has 0 amide bonds. The standard InChI is InChI=1S/C14H28N2O2S/c1-15-11-13-6-3-4-9-16(13)12-7-5-8-14(10-12)19(2,17)18/h12-15H,3-11H2,1-2H3. The van der Waals surface area contributed by atoms with Crippen LogP contribution in [0.25, 0.3) is 0 Å². The molecule has 1 heterocycles. The van der Waals surface area contributed by atoms with Crippen molar-refractivity contribution in [2.24, 2.45) is 0 Å². The highest BCUT2D eigenvalue weighted by molar-refractivity contribution is 7.91. The van der Waals surface area contributed by atoms with Crippen LogP contribution in [0.3, 0.4) is 0 Å². The molecule has 112 valence electrons. The highest BCUT2D eigenvalue weighted by atomic mass is 32.2. The highest BCUT2D eigenvalue weighted by Crippen LogP contribution is 2.31. The van der Waals surface area contributed by atoms with E-state index in [0.29, 0.717) is 12.1 Å². The summed E-state index contributed by atoms with van der Waals surface area (Å²) >= 11 is 0. The van der Waals surface area contributed by atoms with Gasteiger partial charge in [-0.1, -0.05) is 12.8 Å². The number of hydrogen-bond acceptors (Lipinski definition) is 4. The lowest BCUT2D eigenvalue weighted by Crippen LogP contribution is -2.52. The number of nitrogens with zero attached hydrogens (tertiary/aromatic N) is 1. The van der Waals surface area contributed by atoms with Crippen LogP contribution in [-0.2, 0) is 9.84 Å². The zero-order valence-corrected chi connectivity index (χ0v) is 13.1. The van der Waals surface area contributed by atoms with Crippen LogP contribution in [0.5, 0.6) is 0 Å². The Hall–Kier alpha value is -0.130. The zero-order valence-electron chi connectivity index (χ0n) is 12.3. The lowest BCUT2D eigenvalue weighted by atomic mass is 9.90. The normalized spacial score (nSPS) is 34.3. The number of likely N-dealkylation sites (N-methyl/N-ethyl adjacent to an activating group) is 1. The van der Waals surface area contributed by atoms with E-state index in [1.165, 1.54) is 31.9 Å². The number of nitrogens with one attached hydrogen (secondary N) is 1. The lowest BCUT2D eigenvalue weighted by molar-refractivity contribution is 0.0739. The Labute approximate surface area is 117 Å². The molecule has 1 aliphatic heterocycles.